The minimum atomic E-state index is -0.331. The first kappa shape index (κ1) is 13.5. The van der Waals surface area contributed by atoms with Crippen molar-refractivity contribution in [2.45, 2.75) is 19.9 Å². The summed E-state index contributed by atoms with van der Waals surface area (Å²) in [6, 6.07) is 7.43. The van der Waals surface area contributed by atoms with Crippen LogP contribution in [0.1, 0.15) is 24.2 Å². The first-order valence-electron chi connectivity index (χ1n) is 5.73. The summed E-state index contributed by atoms with van der Waals surface area (Å²) in [7, 11) is 1.37. The Kier molecular flexibility index (Phi) is 4.97. The SMILES string of the molecule is COC(=O)c1cccc(NC(CN)C(C)C)c1. The number of esters is 1. The Balaban J connectivity index is 2.81. The zero-order valence-electron chi connectivity index (χ0n) is 10.6. The molecular formula is C13H20N2O2. The van der Waals surface area contributed by atoms with Gasteiger partial charge in [0.15, 0.2) is 0 Å². The minimum absolute atomic E-state index is 0.197. The summed E-state index contributed by atoms with van der Waals surface area (Å²) in [4.78, 5) is 11.4. The molecule has 0 spiro atoms. The van der Waals surface area contributed by atoms with Crippen molar-refractivity contribution in [1.29, 1.82) is 0 Å². The smallest absolute Gasteiger partial charge is 0.337 e. The summed E-state index contributed by atoms with van der Waals surface area (Å²) < 4.78 is 4.68. The van der Waals surface area contributed by atoms with Gasteiger partial charge in [-0.2, -0.15) is 0 Å². The molecule has 0 radical (unpaired) electrons. The summed E-state index contributed by atoms with van der Waals surface area (Å²) in [5.74, 6) is 0.101. The number of methoxy groups -OCH3 is 1. The third kappa shape index (κ3) is 3.75. The lowest BCUT2D eigenvalue weighted by molar-refractivity contribution is 0.0601. The normalized spacial score (nSPS) is 12.3. The van der Waals surface area contributed by atoms with Gasteiger partial charge < -0.3 is 15.8 Å². The third-order valence-corrected chi connectivity index (χ3v) is 2.69. The Morgan fingerprint density at radius 1 is 1.47 bits per heavy atom. The second-order valence-electron chi connectivity index (χ2n) is 4.30. The Bertz CT molecular complexity index is 377. The van der Waals surface area contributed by atoms with Crippen molar-refractivity contribution >= 4 is 11.7 Å². The molecule has 0 aliphatic heterocycles. The highest BCUT2D eigenvalue weighted by atomic mass is 16.5. The second kappa shape index (κ2) is 6.25. The standard InChI is InChI=1S/C13H20N2O2/c1-9(2)12(8-14)15-11-6-4-5-10(7-11)13(16)17-3/h4-7,9,12,15H,8,14H2,1-3H3. The van der Waals surface area contributed by atoms with E-state index in [1.807, 2.05) is 12.1 Å². The Morgan fingerprint density at radius 2 is 2.18 bits per heavy atom. The maximum Gasteiger partial charge on any atom is 0.337 e. The molecule has 0 bridgehead atoms. The lowest BCUT2D eigenvalue weighted by Crippen LogP contribution is -2.33. The number of anilines is 1. The molecular weight excluding hydrogens is 216 g/mol. The number of rotatable bonds is 5. The van der Waals surface area contributed by atoms with Gasteiger partial charge in [-0.05, 0) is 24.1 Å². The fraction of sp³-hybridized carbons (Fsp3) is 0.462. The maximum atomic E-state index is 11.4. The molecule has 0 amide bonds. The lowest BCUT2D eigenvalue weighted by atomic mass is 10.0. The van der Waals surface area contributed by atoms with Gasteiger partial charge in [0.2, 0.25) is 0 Å². The van der Waals surface area contributed by atoms with E-state index in [1.165, 1.54) is 7.11 Å². The summed E-state index contributed by atoms with van der Waals surface area (Å²) in [6.07, 6.45) is 0. The highest BCUT2D eigenvalue weighted by Gasteiger charge is 2.12. The molecule has 0 fully saturated rings. The zero-order chi connectivity index (χ0) is 12.8. The van der Waals surface area contributed by atoms with Gasteiger partial charge in [-0.1, -0.05) is 19.9 Å². The number of ether oxygens (including phenoxy) is 1. The fourth-order valence-corrected chi connectivity index (χ4v) is 1.57. The highest BCUT2D eigenvalue weighted by molar-refractivity contribution is 5.90. The Hall–Kier alpha value is -1.55. The van der Waals surface area contributed by atoms with Gasteiger partial charge in [0, 0.05) is 18.3 Å². The number of hydrogen-bond acceptors (Lipinski definition) is 4. The average molecular weight is 236 g/mol. The molecule has 1 unspecified atom stereocenters. The Morgan fingerprint density at radius 3 is 2.71 bits per heavy atom. The molecule has 4 heteroatoms. The zero-order valence-corrected chi connectivity index (χ0v) is 10.6. The molecule has 0 saturated heterocycles. The van der Waals surface area contributed by atoms with Crippen LogP contribution in [0.2, 0.25) is 0 Å². The Labute approximate surface area is 102 Å². The third-order valence-electron chi connectivity index (χ3n) is 2.69. The van der Waals surface area contributed by atoms with Gasteiger partial charge >= 0.3 is 5.97 Å². The maximum absolute atomic E-state index is 11.4. The van der Waals surface area contributed by atoms with Crippen molar-refractivity contribution in [3.05, 3.63) is 29.8 Å². The van der Waals surface area contributed by atoms with Crippen LogP contribution in [0.5, 0.6) is 0 Å². The summed E-state index contributed by atoms with van der Waals surface area (Å²) >= 11 is 0. The first-order valence-corrected chi connectivity index (χ1v) is 5.73. The van der Waals surface area contributed by atoms with Crippen molar-refractivity contribution < 1.29 is 9.53 Å². The van der Waals surface area contributed by atoms with Crippen molar-refractivity contribution in [2.24, 2.45) is 11.7 Å². The molecule has 1 atom stereocenters. The van der Waals surface area contributed by atoms with Crippen LogP contribution in [0.15, 0.2) is 24.3 Å². The van der Waals surface area contributed by atoms with Crippen molar-refractivity contribution in [2.75, 3.05) is 19.0 Å². The first-order chi connectivity index (χ1) is 8.08. The molecule has 0 saturated carbocycles. The van der Waals surface area contributed by atoms with E-state index in [-0.39, 0.29) is 12.0 Å². The molecule has 1 aromatic carbocycles. The van der Waals surface area contributed by atoms with E-state index in [9.17, 15) is 4.79 Å². The molecule has 0 heterocycles. The molecule has 1 rings (SSSR count). The van der Waals surface area contributed by atoms with Gasteiger partial charge in [-0.15, -0.1) is 0 Å². The van der Waals surface area contributed by atoms with Gasteiger partial charge in [-0.25, -0.2) is 4.79 Å². The van der Waals surface area contributed by atoms with Crippen LogP contribution in [-0.2, 0) is 4.74 Å². The minimum Gasteiger partial charge on any atom is -0.465 e. The number of carbonyl (C=O) groups is 1. The second-order valence-corrected chi connectivity index (χ2v) is 4.30. The number of hydrogen-bond donors (Lipinski definition) is 2. The van der Waals surface area contributed by atoms with Crippen molar-refractivity contribution in [3.63, 3.8) is 0 Å². The number of benzene rings is 1. The quantitative estimate of drug-likeness (QED) is 0.766. The molecule has 0 aromatic heterocycles. The van der Waals surface area contributed by atoms with Gasteiger partial charge in [-0.3, -0.25) is 0 Å². The monoisotopic (exact) mass is 236 g/mol. The average Bonchev–Trinajstić information content (AvgIpc) is 2.34. The van der Waals surface area contributed by atoms with Crippen molar-refractivity contribution in [1.82, 2.24) is 0 Å². The van der Waals surface area contributed by atoms with E-state index in [2.05, 4.69) is 23.9 Å². The summed E-state index contributed by atoms with van der Waals surface area (Å²) in [5, 5.41) is 3.31. The van der Waals surface area contributed by atoms with E-state index in [4.69, 9.17) is 5.73 Å². The molecule has 4 nitrogen and oxygen atoms in total. The predicted octanol–water partition coefficient (Wildman–Crippen LogP) is 1.87. The van der Waals surface area contributed by atoms with E-state index >= 15 is 0 Å². The predicted molar refractivity (Wildman–Crippen MR) is 69.1 cm³/mol. The number of nitrogens with one attached hydrogen (secondary N) is 1. The lowest BCUT2D eigenvalue weighted by Gasteiger charge is -2.21. The summed E-state index contributed by atoms with van der Waals surface area (Å²) in [5.41, 5.74) is 7.12. The summed E-state index contributed by atoms with van der Waals surface area (Å²) in [6.45, 7) is 4.77. The van der Waals surface area contributed by atoms with Crippen molar-refractivity contribution in [3.8, 4) is 0 Å². The van der Waals surface area contributed by atoms with Crippen LogP contribution in [0.25, 0.3) is 0 Å². The van der Waals surface area contributed by atoms with Crippen LogP contribution in [-0.4, -0.2) is 25.7 Å². The van der Waals surface area contributed by atoms with E-state index in [0.29, 0.717) is 18.0 Å². The number of carbonyl (C=O) groups excluding carboxylic acids is 1. The molecule has 0 aliphatic carbocycles. The van der Waals surface area contributed by atoms with Crippen LogP contribution >= 0.6 is 0 Å². The molecule has 0 aliphatic rings. The van der Waals surface area contributed by atoms with Crippen LogP contribution < -0.4 is 11.1 Å². The molecule has 17 heavy (non-hydrogen) atoms. The van der Waals surface area contributed by atoms with Crippen LogP contribution in [0.4, 0.5) is 5.69 Å². The van der Waals surface area contributed by atoms with Crippen LogP contribution in [0.3, 0.4) is 0 Å². The number of nitrogens with two attached hydrogens (primary N) is 1. The van der Waals surface area contributed by atoms with Gasteiger partial charge in [0.1, 0.15) is 0 Å². The van der Waals surface area contributed by atoms with Gasteiger partial charge in [0.25, 0.3) is 0 Å². The molecule has 1 aromatic rings. The fourth-order valence-electron chi connectivity index (χ4n) is 1.57. The highest BCUT2D eigenvalue weighted by Crippen LogP contribution is 2.15. The van der Waals surface area contributed by atoms with Crippen LogP contribution in [0, 0.1) is 5.92 Å². The molecule has 94 valence electrons. The van der Waals surface area contributed by atoms with E-state index < -0.39 is 0 Å². The largest absolute Gasteiger partial charge is 0.465 e. The van der Waals surface area contributed by atoms with E-state index in [1.54, 1.807) is 12.1 Å². The van der Waals surface area contributed by atoms with Gasteiger partial charge in [0.05, 0.1) is 12.7 Å². The van der Waals surface area contributed by atoms with E-state index in [0.717, 1.165) is 5.69 Å². The molecule has 3 N–H and O–H groups in total. The topological polar surface area (TPSA) is 64.3 Å².